The first kappa shape index (κ1) is 22.3. The fraction of sp³-hybridized carbons (Fsp3) is 0.609. The Labute approximate surface area is 178 Å². The number of likely N-dealkylation sites (N-methyl/N-ethyl adjacent to an activating group) is 1. The number of piperazine rings is 1. The molecule has 1 N–H and O–H groups in total. The van der Waals surface area contributed by atoms with E-state index in [0.717, 1.165) is 31.9 Å². The van der Waals surface area contributed by atoms with Crippen molar-refractivity contribution in [2.45, 2.75) is 39.2 Å². The van der Waals surface area contributed by atoms with Gasteiger partial charge in [-0.1, -0.05) is 26.0 Å². The lowest BCUT2D eigenvalue weighted by atomic mass is 9.87. The Morgan fingerprint density at radius 3 is 2.43 bits per heavy atom. The van der Waals surface area contributed by atoms with Crippen LogP contribution in [0.4, 0.5) is 5.69 Å². The molecule has 2 heterocycles. The number of rotatable bonds is 7. The highest BCUT2D eigenvalue weighted by Crippen LogP contribution is 2.27. The van der Waals surface area contributed by atoms with Gasteiger partial charge in [0.05, 0.1) is 0 Å². The number of benzene rings is 1. The van der Waals surface area contributed by atoms with Gasteiger partial charge in [-0.3, -0.25) is 9.59 Å². The zero-order chi connectivity index (χ0) is 21.8. The Hall–Kier alpha value is -2.41. The van der Waals surface area contributed by atoms with E-state index in [-0.39, 0.29) is 24.0 Å². The number of Topliss-reactive ketones (excluding diaryl/α,β-unsaturated/α-hetero) is 1. The van der Waals surface area contributed by atoms with E-state index in [2.05, 4.69) is 16.8 Å². The van der Waals surface area contributed by atoms with Gasteiger partial charge >= 0.3 is 5.97 Å². The molecule has 2 fully saturated rings. The third kappa shape index (κ3) is 5.01. The first-order chi connectivity index (χ1) is 14.3. The minimum absolute atomic E-state index is 0.0442. The number of carboxylic acids is 1. The minimum Gasteiger partial charge on any atom is -0.480 e. The molecular weight excluding hydrogens is 382 g/mol. The van der Waals surface area contributed by atoms with E-state index < -0.39 is 17.9 Å². The SMILES string of the molecule is CC(C)[C@H](CC(=O)c1cccc(N2CCN(C)CC2)c1)C(=O)N1CCC[C@H]1C(=O)O. The van der Waals surface area contributed by atoms with Crippen LogP contribution in [0.15, 0.2) is 24.3 Å². The van der Waals surface area contributed by atoms with Crippen LogP contribution in [0.5, 0.6) is 0 Å². The Kier molecular flexibility index (Phi) is 7.13. The van der Waals surface area contributed by atoms with E-state index in [1.54, 1.807) is 6.07 Å². The van der Waals surface area contributed by atoms with Crippen molar-refractivity contribution in [3.63, 3.8) is 0 Å². The number of likely N-dealkylation sites (tertiary alicyclic amines) is 1. The molecule has 1 aromatic rings. The summed E-state index contributed by atoms with van der Waals surface area (Å²) in [6.45, 7) is 8.11. The van der Waals surface area contributed by atoms with Crippen molar-refractivity contribution in [1.82, 2.24) is 9.80 Å². The number of aliphatic carboxylic acids is 1. The fourth-order valence-electron chi connectivity index (χ4n) is 4.37. The van der Waals surface area contributed by atoms with Crippen molar-refractivity contribution in [2.24, 2.45) is 11.8 Å². The number of carboxylic acid groups (broad SMARTS) is 1. The quantitative estimate of drug-likeness (QED) is 0.689. The van der Waals surface area contributed by atoms with Crippen LogP contribution in [0.3, 0.4) is 0 Å². The molecule has 0 aliphatic carbocycles. The number of nitrogens with zero attached hydrogens (tertiary/aromatic N) is 3. The molecule has 0 aromatic heterocycles. The zero-order valence-electron chi connectivity index (χ0n) is 18.2. The molecule has 7 nitrogen and oxygen atoms in total. The van der Waals surface area contributed by atoms with Crippen molar-refractivity contribution in [2.75, 3.05) is 44.7 Å². The lowest BCUT2D eigenvalue weighted by Crippen LogP contribution is -2.45. The van der Waals surface area contributed by atoms with Crippen LogP contribution >= 0.6 is 0 Å². The largest absolute Gasteiger partial charge is 0.480 e. The minimum atomic E-state index is -0.963. The molecule has 2 aliphatic rings. The zero-order valence-corrected chi connectivity index (χ0v) is 18.2. The summed E-state index contributed by atoms with van der Waals surface area (Å²) in [5, 5.41) is 9.42. The summed E-state index contributed by atoms with van der Waals surface area (Å²) in [4.78, 5) is 43.7. The predicted octanol–water partition coefficient (Wildman–Crippen LogP) is 2.36. The summed E-state index contributed by atoms with van der Waals surface area (Å²) >= 11 is 0. The van der Waals surface area contributed by atoms with Gasteiger partial charge in [-0.15, -0.1) is 0 Å². The lowest BCUT2D eigenvalue weighted by Gasteiger charge is -2.34. The molecule has 0 spiro atoms. The number of anilines is 1. The number of carbonyl (C=O) groups excluding carboxylic acids is 2. The molecule has 2 aliphatic heterocycles. The molecule has 0 radical (unpaired) electrons. The van der Waals surface area contributed by atoms with Gasteiger partial charge in [0.1, 0.15) is 6.04 Å². The molecule has 7 heteroatoms. The highest BCUT2D eigenvalue weighted by Gasteiger charge is 2.38. The first-order valence-electron chi connectivity index (χ1n) is 10.9. The highest BCUT2D eigenvalue weighted by molar-refractivity contribution is 5.99. The second-order valence-electron chi connectivity index (χ2n) is 8.85. The first-order valence-corrected chi connectivity index (χ1v) is 10.9. The van der Waals surface area contributed by atoms with Crippen LogP contribution in [-0.4, -0.2) is 78.4 Å². The van der Waals surface area contributed by atoms with Crippen LogP contribution in [0, 0.1) is 11.8 Å². The van der Waals surface area contributed by atoms with Crippen molar-refractivity contribution < 1.29 is 19.5 Å². The van der Waals surface area contributed by atoms with E-state index in [0.29, 0.717) is 24.9 Å². The molecule has 3 rings (SSSR count). The van der Waals surface area contributed by atoms with Crippen LogP contribution in [0.25, 0.3) is 0 Å². The maximum Gasteiger partial charge on any atom is 0.326 e. The second-order valence-corrected chi connectivity index (χ2v) is 8.85. The van der Waals surface area contributed by atoms with E-state index in [1.165, 1.54) is 4.90 Å². The van der Waals surface area contributed by atoms with Gasteiger partial charge in [-0.25, -0.2) is 4.79 Å². The van der Waals surface area contributed by atoms with Gasteiger partial charge in [0.25, 0.3) is 0 Å². The van der Waals surface area contributed by atoms with Crippen molar-refractivity contribution in [1.29, 1.82) is 0 Å². The summed E-state index contributed by atoms with van der Waals surface area (Å²) in [5.41, 5.74) is 1.65. The monoisotopic (exact) mass is 415 g/mol. The van der Waals surface area contributed by atoms with E-state index >= 15 is 0 Å². The van der Waals surface area contributed by atoms with Gasteiger partial charge in [0, 0.05) is 56.3 Å². The summed E-state index contributed by atoms with van der Waals surface area (Å²) in [6, 6.07) is 6.88. The molecule has 0 unspecified atom stereocenters. The van der Waals surface area contributed by atoms with E-state index in [9.17, 15) is 19.5 Å². The molecule has 1 aromatic carbocycles. The van der Waals surface area contributed by atoms with Crippen LogP contribution in [0.1, 0.15) is 43.5 Å². The van der Waals surface area contributed by atoms with Gasteiger partial charge < -0.3 is 19.8 Å². The normalized spacial score (nSPS) is 21.1. The summed E-state index contributed by atoms with van der Waals surface area (Å²) in [6.07, 6.45) is 1.27. The van der Waals surface area contributed by atoms with Crippen LogP contribution in [0.2, 0.25) is 0 Å². The summed E-state index contributed by atoms with van der Waals surface area (Å²) < 4.78 is 0. The number of ketones is 1. The predicted molar refractivity (Wildman–Crippen MR) is 116 cm³/mol. The highest BCUT2D eigenvalue weighted by atomic mass is 16.4. The lowest BCUT2D eigenvalue weighted by molar-refractivity contribution is -0.150. The molecule has 30 heavy (non-hydrogen) atoms. The standard InChI is InChI=1S/C23H33N3O4/c1-16(2)19(22(28)26-9-5-8-20(26)23(29)30)15-21(27)17-6-4-7-18(14-17)25-12-10-24(3)11-13-25/h4,6-7,14,16,19-20H,5,8-13,15H2,1-3H3,(H,29,30)/t19-,20-/m0/s1. The van der Waals surface area contributed by atoms with Crippen LogP contribution < -0.4 is 4.90 Å². The number of hydrogen-bond acceptors (Lipinski definition) is 5. The Morgan fingerprint density at radius 1 is 1.10 bits per heavy atom. The molecule has 2 atom stereocenters. The number of carbonyl (C=O) groups is 3. The van der Waals surface area contributed by atoms with Gasteiger partial charge in [0.2, 0.25) is 5.91 Å². The fourth-order valence-corrected chi connectivity index (χ4v) is 4.37. The van der Waals surface area contributed by atoms with E-state index in [1.807, 2.05) is 32.0 Å². The van der Waals surface area contributed by atoms with Crippen molar-refractivity contribution >= 4 is 23.3 Å². The molecular formula is C23H33N3O4. The molecule has 1 amide bonds. The maximum absolute atomic E-state index is 13.1. The number of amides is 1. The van der Waals surface area contributed by atoms with Gasteiger partial charge in [-0.2, -0.15) is 0 Å². The number of hydrogen-bond donors (Lipinski definition) is 1. The van der Waals surface area contributed by atoms with E-state index in [4.69, 9.17) is 0 Å². The van der Waals surface area contributed by atoms with Gasteiger partial charge in [-0.05, 0) is 37.9 Å². The molecule has 0 saturated carbocycles. The van der Waals surface area contributed by atoms with Crippen molar-refractivity contribution in [3.05, 3.63) is 29.8 Å². The topological polar surface area (TPSA) is 81.2 Å². The summed E-state index contributed by atoms with van der Waals surface area (Å²) in [7, 11) is 2.11. The second kappa shape index (κ2) is 9.60. The maximum atomic E-state index is 13.1. The Bertz CT molecular complexity index is 786. The third-order valence-corrected chi connectivity index (χ3v) is 6.38. The summed E-state index contributed by atoms with van der Waals surface area (Å²) in [5.74, 6) is -1.79. The Balaban J connectivity index is 1.72. The van der Waals surface area contributed by atoms with Gasteiger partial charge in [0.15, 0.2) is 5.78 Å². The Morgan fingerprint density at radius 2 is 1.80 bits per heavy atom. The average molecular weight is 416 g/mol. The average Bonchev–Trinajstić information content (AvgIpc) is 3.22. The van der Waals surface area contributed by atoms with Crippen molar-refractivity contribution in [3.8, 4) is 0 Å². The molecule has 2 saturated heterocycles. The molecule has 0 bridgehead atoms. The smallest absolute Gasteiger partial charge is 0.326 e. The molecule has 164 valence electrons. The van der Waals surface area contributed by atoms with Crippen LogP contribution in [-0.2, 0) is 9.59 Å². The third-order valence-electron chi connectivity index (χ3n) is 6.38.